The lowest BCUT2D eigenvalue weighted by Gasteiger charge is -2.12. The number of sulfone groups is 1. The van der Waals surface area contributed by atoms with Crippen LogP contribution >= 0.6 is 11.3 Å². The Morgan fingerprint density at radius 1 is 1.05 bits per heavy atom. The van der Waals surface area contributed by atoms with Gasteiger partial charge in [-0.1, -0.05) is 6.07 Å². The summed E-state index contributed by atoms with van der Waals surface area (Å²) in [5, 5.41) is 7.61. The van der Waals surface area contributed by atoms with Gasteiger partial charge in [-0.15, -0.1) is 11.3 Å². The second-order valence-electron chi connectivity index (χ2n) is 8.49. The van der Waals surface area contributed by atoms with Gasteiger partial charge >= 0.3 is 0 Å². The lowest BCUT2D eigenvalue weighted by Crippen LogP contribution is -2.24. The van der Waals surface area contributed by atoms with Gasteiger partial charge in [-0.25, -0.2) is 13.4 Å². The fraction of sp³-hybridized carbons (Fsp3) is 0.185. The van der Waals surface area contributed by atoms with Crippen LogP contribution in [-0.4, -0.2) is 43.0 Å². The molecule has 9 nitrogen and oxygen atoms in total. The zero-order valence-corrected chi connectivity index (χ0v) is 22.7. The number of hydrogen-bond acceptors (Lipinski definition) is 8. The minimum Gasteiger partial charge on any atom is -0.457 e. The summed E-state index contributed by atoms with van der Waals surface area (Å²) >= 11 is 1.23. The molecule has 0 spiro atoms. The summed E-state index contributed by atoms with van der Waals surface area (Å²) in [5.41, 5.74) is 3.17. The van der Waals surface area contributed by atoms with Crippen molar-refractivity contribution in [2.45, 2.75) is 25.2 Å². The molecule has 4 aromatic rings. The van der Waals surface area contributed by atoms with Gasteiger partial charge in [-0.3, -0.25) is 19.9 Å². The van der Waals surface area contributed by atoms with Crippen LogP contribution in [0.1, 0.15) is 28.5 Å². The van der Waals surface area contributed by atoms with Crippen LogP contribution in [0, 0.1) is 6.92 Å². The topological polar surface area (TPSA) is 127 Å². The summed E-state index contributed by atoms with van der Waals surface area (Å²) in [6, 6.07) is 14.9. The van der Waals surface area contributed by atoms with E-state index < -0.39 is 15.7 Å². The highest BCUT2D eigenvalue weighted by Gasteiger charge is 2.16. The van der Waals surface area contributed by atoms with Gasteiger partial charge in [0.05, 0.1) is 22.7 Å². The van der Waals surface area contributed by atoms with E-state index in [1.165, 1.54) is 23.5 Å². The van der Waals surface area contributed by atoms with E-state index in [0.717, 1.165) is 11.8 Å². The first-order chi connectivity index (χ1) is 18.1. The second kappa shape index (κ2) is 11.5. The molecular formula is C27H26N4O5S2. The molecule has 0 aliphatic rings. The summed E-state index contributed by atoms with van der Waals surface area (Å²) in [5.74, 6) is 0.242. The van der Waals surface area contributed by atoms with Crippen molar-refractivity contribution < 1.29 is 22.7 Å². The number of rotatable bonds is 9. The van der Waals surface area contributed by atoms with E-state index in [0.29, 0.717) is 45.7 Å². The summed E-state index contributed by atoms with van der Waals surface area (Å²) < 4.78 is 29.5. The quantitative estimate of drug-likeness (QED) is 0.311. The number of aryl methyl sites for hydroxylation is 1. The molecule has 2 aromatic heterocycles. The van der Waals surface area contributed by atoms with Gasteiger partial charge in [0.1, 0.15) is 11.5 Å². The number of carbonyl (C=O) groups excluding carboxylic acids is 2. The molecule has 38 heavy (non-hydrogen) atoms. The number of thiazole rings is 1. The molecular weight excluding hydrogens is 524 g/mol. The molecule has 2 amide bonds. The monoisotopic (exact) mass is 550 g/mol. The third kappa shape index (κ3) is 6.81. The smallest absolute Gasteiger partial charge is 0.257 e. The molecule has 0 unspecified atom stereocenters. The standard InChI is InChI=1S/C27H26N4O5S2/c1-4-28-24(32)15-20-16-37-27(30-20)31-26(33)19-12-18(25-17(2)6-5-11-29-25)13-22(14-19)36-21-7-9-23(10-8-21)38(3,34)35/h5-14,16H,4,15H2,1-3H3,(H,28,32)(H,30,31,33). The molecule has 0 aliphatic heterocycles. The number of pyridine rings is 1. The highest BCUT2D eigenvalue weighted by atomic mass is 32.2. The zero-order chi connectivity index (χ0) is 27.3. The van der Waals surface area contributed by atoms with Crippen LogP contribution in [0.15, 0.2) is 71.1 Å². The van der Waals surface area contributed by atoms with Crippen molar-refractivity contribution in [3.8, 4) is 22.8 Å². The maximum absolute atomic E-state index is 13.2. The number of nitrogens with zero attached hydrogens (tertiary/aromatic N) is 2. The molecule has 196 valence electrons. The Labute approximate surface area is 224 Å². The van der Waals surface area contributed by atoms with Crippen LogP contribution in [0.25, 0.3) is 11.3 Å². The molecule has 2 heterocycles. The third-order valence-corrected chi connectivity index (χ3v) is 7.36. The van der Waals surface area contributed by atoms with Crippen LogP contribution in [0.2, 0.25) is 0 Å². The fourth-order valence-electron chi connectivity index (χ4n) is 3.64. The van der Waals surface area contributed by atoms with Crippen molar-refractivity contribution in [1.29, 1.82) is 0 Å². The van der Waals surface area contributed by atoms with E-state index in [-0.39, 0.29) is 17.2 Å². The molecule has 2 aromatic carbocycles. The maximum Gasteiger partial charge on any atom is 0.257 e. The SMILES string of the molecule is CCNC(=O)Cc1csc(NC(=O)c2cc(Oc3ccc(S(C)(=O)=O)cc3)cc(-c3ncccc3C)c2)n1. The number of anilines is 1. The van der Waals surface area contributed by atoms with Gasteiger partial charge in [-0.2, -0.15) is 0 Å². The van der Waals surface area contributed by atoms with Crippen molar-refractivity contribution in [3.05, 3.63) is 83.0 Å². The maximum atomic E-state index is 13.2. The van der Waals surface area contributed by atoms with Crippen LogP contribution in [0.4, 0.5) is 5.13 Å². The lowest BCUT2D eigenvalue weighted by molar-refractivity contribution is -0.120. The van der Waals surface area contributed by atoms with Crippen molar-refractivity contribution >= 4 is 38.1 Å². The van der Waals surface area contributed by atoms with Gasteiger partial charge in [-0.05, 0) is 67.9 Å². The number of amides is 2. The third-order valence-electron chi connectivity index (χ3n) is 5.43. The fourth-order valence-corrected chi connectivity index (χ4v) is 4.98. The second-order valence-corrected chi connectivity index (χ2v) is 11.4. The summed E-state index contributed by atoms with van der Waals surface area (Å²) in [6.45, 7) is 4.30. The number of hydrogen-bond donors (Lipinski definition) is 2. The normalized spacial score (nSPS) is 11.1. The predicted octanol–water partition coefficient (Wildman–Crippen LogP) is 4.64. The Kier molecular flexibility index (Phi) is 8.18. The van der Waals surface area contributed by atoms with Crippen LogP contribution in [0.5, 0.6) is 11.5 Å². The highest BCUT2D eigenvalue weighted by molar-refractivity contribution is 7.90. The molecule has 11 heteroatoms. The van der Waals surface area contributed by atoms with E-state index in [9.17, 15) is 18.0 Å². The van der Waals surface area contributed by atoms with E-state index in [1.54, 1.807) is 41.9 Å². The molecule has 0 saturated heterocycles. The van der Waals surface area contributed by atoms with Gasteiger partial charge in [0, 0.05) is 35.5 Å². The first-order valence-electron chi connectivity index (χ1n) is 11.7. The first-order valence-corrected chi connectivity index (χ1v) is 14.5. The average Bonchev–Trinajstić information content (AvgIpc) is 3.30. The number of ether oxygens (including phenoxy) is 1. The van der Waals surface area contributed by atoms with Crippen LogP contribution in [-0.2, 0) is 21.1 Å². The van der Waals surface area contributed by atoms with Gasteiger partial charge < -0.3 is 10.1 Å². The van der Waals surface area contributed by atoms with Gasteiger partial charge in [0.25, 0.3) is 5.91 Å². The molecule has 2 N–H and O–H groups in total. The average molecular weight is 551 g/mol. The molecule has 0 bridgehead atoms. The molecule has 0 saturated carbocycles. The number of benzene rings is 2. The summed E-state index contributed by atoms with van der Waals surface area (Å²) in [6.07, 6.45) is 2.94. The Morgan fingerprint density at radius 2 is 1.82 bits per heavy atom. The van der Waals surface area contributed by atoms with E-state index in [4.69, 9.17) is 4.74 Å². The molecule has 4 rings (SSSR count). The first kappa shape index (κ1) is 27.0. The van der Waals surface area contributed by atoms with E-state index >= 15 is 0 Å². The number of aromatic nitrogens is 2. The Bertz CT molecular complexity index is 1580. The van der Waals surface area contributed by atoms with Crippen molar-refractivity contribution in [2.75, 3.05) is 18.1 Å². The van der Waals surface area contributed by atoms with E-state index in [1.807, 2.05) is 26.0 Å². The van der Waals surface area contributed by atoms with Crippen LogP contribution in [0.3, 0.4) is 0 Å². The molecule has 0 aliphatic carbocycles. The molecule has 0 atom stereocenters. The summed E-state index contributed by atoms with van der Waals surface area (Å²) in [4.78, 5) is 34.0. The zero-order valence-electron chi connectivity index (χ0n) is 21.0. The Morgan fingerprint density at radius 3 is 2.50 bits per heavy atom. The lowest BCUT2D eigenvalue weighted by atomic mass is 10.0. The molecule has 0 radical (unpaired) electrons. The minimum atomic E-state index is -3.34. The van der Waals surface area contributed by atoms with Crippen LogP contribution < -0.4 is 15.4 Å². The van der Waals surface area contributed by atoms with E-state index in [2.05, 4.69) is 20.6 Å². The van der Waals surface area contributed by atoms with Crippen molar-refractivity contribution in [2.24, 2.45) is 0 Å². The van der Waals surface area contributed by atoms with Gasteiger partial charge in [0.15, 0.2) is 15.0 Å². The molecule has 0 fully saturated rings. The summed E-state index contributed by atoms with van der Waals surface area (Å²) in [7, 11) is -3.34. The Hall–Kier alpha value is -4.09. The minimum absolute atomic E-state index is 0.130. The van der Waals surface area contributed by atoms with Gasteiger partial charge in [0.2, 0.25) is 5.91 Å². The number of carbonyl (C=O) groups is 2. The van der Waals surface area contributed by atoms with Crippen molar-refractivity contribution in [3.63, 3.8) is 0 Å². The number of likely N-dealkylation sites (N-methyl/N-ethyl adjacent to an activating group) is 1. The largest absolute Gasteiger partial charge is 0.457 e. The highest BCUT2D eigenvalue weighted by Crippen LogP contribution is 2.31. The predicted molar refractivity (Wildman–Crippen MR) is 146 cm³/mol. The number of nitrogens with one attached hydrogen (secondary N) is 2. The Balaban J connectivity index is 1.62. The van der Waals surface area contributed by atoms with Crippen molar-refractivity contribution in [1.82, 2.24) is 15.3 Å².